The molecule has 0 aliphatic carbocycles. The molecular weight excluding hydrogens is 767 g/mol. The number of unbranched alkanes of at least 4 members (excludes halogenated alkanes) is 25. The van der Waals surface area contributed by atoms with Gasteiger partial charge in [-0.05, 0) is 89.9 Å². The molecule has 360 valence electrons. The third kappa shape index (κ3) is 44.2. The topological polar surface area (TPSA) is 95.9 Å². The molecule has 0 spiro atoms. The van der Waals surface area contributed by atoms with Gasteiger partial charge in [-0.15, -0.1) is 0 Å². The van der Waals surface area contributed by atoms with Crippen molar-refractivity contribution >= 4 is 11.9 Å². The lowest BCUT2D eigenvalue weighted by atomic mass is 10.0. The third-order valence-electron chi connectivity index (χ3n) is 11.8. The van der Waals surface area contributed by atoms with Gasteiger partial charge in [0.25, 0.3) is 0 Å². The minimum atomic E-state index is -0.803. The third-order valence-corrected chi connectivity index (χ3v) is 11.8. The molecule has 62 heavy (non-hydrogen) atoms. The van der Waals surface area contributed by atoms with Gasteiger partial charge >= 0.3 is 5.97 Å². The number of carbonyl (C=O) groups is 2. The van der Waals surface area contributed by atoms with Crippen LogP contribution in [0.3, 0.4) is 0 Å². The smallest absolute Gasteiger partial charge is 0.306 e. The normalized spacial score (nSPS) is 13.7. The molecule has 6 heteroatoms. The molecule has 0 aromatic heterocycles. The van der Waals surface area contributed by atoms with Crippen LogP contribution in [0.2, 0.25) is 0 Å². The molecular formula is C56H101NO5. The predicted octanol–water partition coefficient (Wildman–Crippen LogP) is 16.0. The number of rotatable bonds is 47. The summed E-state index contributed by atoms with van der Waals surface area (Å²) in [4.78, 5) is 26.1. The minimum absolute atomic E-state index is 0.0360. The zero-order valence-corrected chi connectivity index (χ0v) is 41.0. The van der Waals surface area contributed by atoms with E-state index in [1.54, 1.807) is 0 Å². The maximum absolute atomic E-state index is 13.2. The zero-order chi connectivity index (χ0) is 45.2. The highest BCUT2D eigenvalue weighted by atomic mass is 16.5. The highest BCUT2D eigenvalue weighted by molar-refractivity contribution is 5.77. The van der Waals surface area contributed by atoms with Crippen LogP contribution in [0, 0.1) is 0 Å². The van der Waals surface area contributed by atoms with Crippen molar-refractivity contribution in [2.24, 2.45) is 0 Å². The monoisotopic (exact) mass is 868 g/mol. The van der Waals surface area contributed by atoms with Gasteiger partial charge in [0.2, 0.25) is 5.91 Å². The molecule has 0 fully saturated rings. The number of amides is 1. The first-order valence-electron chi connectivity index (χ1n) is 26.5. The first kappa shape index (κ1) is 59.6. The number of nitrogens with one attached hydrogen (secondary N) is 1. The molecule has 0 aliphatic heterocycles. The van der Waals surface area contributed by atoms with E-state index in [9.17, 15) is 19.8 Å². The van der Waals surface area contributed by atoms with Crippen LogP contribution in [0.25, 0.3) is 0 Å². The highest BCUT2D eigenvalue weighted by Crippen LogP contribution is 2.17. The summed E-state index contributed by atoms with van der Waals surface area (Å²) in [5.41, 5.74) is 0. The summed E-state index contributed by atoms with van der Waals surface area (Å²) < 4.78 is 5.91. The Morgan fingerprint density at radius 3 is 1.32 bits per heavy atom. The number of hydrogen-bond donors (Lipinski definition) is 3. The van der Waals surface area contributed by atoms with Crippen LogP contribution in [0.4, 0.5) is 0 Å². The number of carbonyl (C=O) groups excluding carboxylic acids is 2. The Kier molecular flexibility index (Phi) is 47.6. The van der Waals surface area contributed by atoms with Gasteiger partial charge < -0.3 is 20.3 Å². The van der Waals surface area contributed by atoms with Crippen molar-refractivity contribution in [3.05, 3.63) is 60.8 Å². The molecule has 3 atom stereocenters. The van der Waals surface area contributed by atoms with Crippen molar-refractivity contribution in [2.45, 2.75) is 277 Å². The van der Waals surface area contributed by atoms with Crippen molar-refractivity contribution in [1.82, 2.24) is 5.32 Å². The maximum Gasteiger partial charge on any atom is 0.306 e. The van der Waals surface area contributed by atoms with Crippen LogP contribution >= 0.6 is 0 Å². The lowest BCUT2D eigenvalue weighted by molar-refractivity contribution is -0.151. The summed E-state index contributed by atoms with van der Waals surface area (Å²) in [6.45, 7) is 6.43. The number of aliphatic hydroxyl groups is 2. The average Bonchev–Trinajstić information content (AvgIpc) is 3.26. The van der Waals surface area contributed by atoms with Crippen LogP contribution in [-0.2, 0) is 14.3 Å². The Labute approximate surface area is 384 Å². The van der Waals surface area contributed by atoms with E-state index in [2.05, 4.69) is 86.8 Å². The Bertz CT molecular complexity index is 1110. The molecule has 0 radical (unpaired) electrons. The van der Waals surface area contributed by atoms with Crippen molar-refractivity contribution in [1.29, 1.82) is 0 Å². The van der Waals surface area contributed by atoms with Gasteiger partial charge in [0.1, 0.15) is 6.10 Å². The van der Waals surface area contributed by atoms with E-state index in [0.29, 0.717) is 19.3 Å². The van der Waals surface area contributed by atoms with Gasteiger partial charge in [-0.2, -0.15) is 0 Å². The second-order valence-corrected chi connectivity index (χ2v) is 17.9. The van der Waals surface area contributed by atoms with Crippen LogP contribution < -0.4 is 5.32 Å². The number of esters is 1. The summed E-state index contributed by atoms with van der Waals surface area (Å²) in [5.74, 6) is -0.535. The number of aliphatic hydroxyl groups excluding tert-OH is 2. The molecule has 3 N–H and O–H groups in total. The van der Waals surface area contributed by atoms with Crippen LogP contribution in [0.5, 0.6) is 0 Å². The van der Waals surface area contributed by atoms with Gasteiger partial charge in [-0.25, -0.2) is 0 Å². The second kappa shape index (κ2) is 49.6. The molecule has 0 bridgehead atoms. The number of hydrogen-bond acceptors (Lipinski definition) is 5. The van der Waals surface area contributed by atoms with Crippen molar-refractivity contribution in [3.8, 4) is 0 Å². The summed E-state index contributed by atoms with van der Waals surface area (Å²) >= 11 is 0. The van der Waals surface area contributed by atoms with Crippen LogP contribution in [0.15, 0.2) is 60.8 Å². The first-order valence-corrected chi connectivity index (χ1v) is 26.5. The lowest BCUT2D eigenvalue weighted by Crippen LogP contribution is -2.46. The fourth-order valence-electron chi connectivity index (χ4n) is 7.77. The van der Waals surface area contributed by atoms with Gasteiger partial charge in [-0.1, -0.05) is 216 Å². The standard InChI is InChI=1S/C56H101NO5/c1-4-7-10-13-16-19-22-24-26-28-29-31-33-35-38-41-44-47-52(50-55(60)57-53(51-58)54(59)48-45-42-39-36-21-18-15-12-9-6-3)62-56(61)49-46-43-40-37-34-32-30-27-25-23-20-17-14-11-8-5-2/h16,19,24,26-27,29-31,35,38,52-54,58-59H,4-15,17-18,20-23,25,28,32-34,36-37,39-51H2,1-3H3,(H,57,60)/b19-16-,26-24-,30-27+,31-29-,38-35-. The largest absolute Gasteiger partial charge is 0.462 e. The summed E-state index contributed by atoms with van der Waals surface area (Å²) in [6.07, 6.45) is 61.4. The molecule has 0 saturated carbocycles. The number of ether oxygens (including phenoxy) is 1. The molecule has 6 nitrogen and oxygen atoms in total. The Morgan fingerprint density at radius 2 is 0.839 bits per heavy atom. The Morgan fingerprint density at radius 1 is 0.468 bits per heavy atom. The summed E-state index contributed by atoms with van der Waals surface area (Å²) in [7, 11) is 0. The highest BCUT2D eigenvalue weighted by Gasteiger charge is 2.24. The Balaban J connectivity index is 4.69. The minimum Gasteiger partial charge on any atom is -0.462 e. The van der Waals surface area contributed by atoms with E-state index in [-0.39, 0.29) is 24.9 Å². The quantitative estimate of drug-likeness (QED) is 0.0322. The summed E-state index contributed by atoms with van der Waals surface area (Å²) in [6, 6.07) is -0.721. The SMILES string of the molecule is CCCCC/C=C\C/C=C\C/C=C\C/C=C\CCCC(CC(=O)NC(CO)C(O)CCCCCCCCCCCC)OC(=O)CCCCCCC/C=C/CCCCCCCCC. The van der Waals surface area contributed by atoms with Gasteiger partial charge in [-0.3, -0.25) is 9.59 Å². The maximum atomic E-state index is 13.2. The van der Waals surface area contributed by atoms with E-state index in [4.69, 9.17) is 4.74 Å². The van der Waals surface area contributed by atoms with Gasteiger partial charge in [0.15, 0.2) is 0 Å². The van der Waals surface area contributed by atoms with E-state index >= 15 is 0 Å². The molecule has 0 saturated heterocycles. The van der Waals surface area contributed by atoms with Crippen LogP contribution in [0.1, 0.15) is 258 Å². The predicted molar refractivity (Wildman–Crippen MR) is 268 cm³/mol. The fraction of sp³-hybridized carbons (Fsp3) is 0.786. The van der Waals surface area contributed by atoms with E-state index in [0.717, 1.165) is 77.0 Å². The van der Waals surface area contributed by atoms with Gasteiger partial charge in [0.05, 0.1) is 25.2 Å². The van der Waals surface area contributed by atoms with Crippen LogP contribution in [-0.4, -0.2) is 46.9 Å². The van der Waals surface area contributed by atoms with Crippen molar-refractivity contribution < 1.29 is 24.5 Å². The van der Waals surface area contributed by atoms with Gasteiger partial charge in [0, 0.05) is 6.42 Å². The number of allylic oxidation sites excluding steroid dienone is 10. The zero-order valence-electron chi connectivity index (χ0n) is 41.0. The first-order chi connectivity index (χ1) is 30.5. The molecule has 3 unspecified atom stereocenters. The fourth-order valence-corrected chi connectivity index (χ4v) is 7.77. The van der Waals surface area contributed by atoms with Crippen molar-refractivity contribution in [3.63, 3.8) is 0 Å². The van der Waals surface area contributed by atoms with Crippen molar-refractivity contribution in [2.75, 3.05) is 6.61 Å². The van der Waals surface area contributed by atoms with E-state index < -0.39 is 18.2 Å². The molecule has 1 amide bonds. The lowest BCUT2D eigenvalue weighted by Gasteiger charge is -2.24. The molecule has 0 rings (SSSR count). The Hall–Kier alpha value is -2.44. The van der Waals surface area contributed by atoms with E-state index in [1.165, 1.54) is 135 Å². The summed E-state index contributed by atoms with van der Waals surface area (Å²) in [5, 5.41) is 23.7. The second-order valence-electron chi connectivity index (χ2n) is 17.9. The average molecular weight is 868 g/mol. The molecule has 0 heterocycles. The molecule has 0 aliphatic rings. The van der Waals surface area contributed by atoms with E-state index in [1.807, 2.05) is 0 Å². The molecule has 0 aromatic rings. The molecule has 0 aromatic carbocycles.